The van der Waals surface area contributed by atoms with E-state index in [-0.39, 0.29) is 12.2 Å². The van der Waals surface area contributed by atoms with Gasteiger partial charge < -0.3 is 9.84 Å². The largest absolute Gasteiger partial charge is 0.486 e. The monoisotopic (exact) mass is 368 g/mol. The van der Waals surface area contributed by atoms with Crippen LogP contribution in [0.4, 0.5) is 4.39 Å². The van der Waals surface area contributed by atoms with Gasteiger partial charge in [-0.2, -0.15) is 0 Å². The molecule has 0 aromatic heterocycles. The first-order valence-corrected chi connectivity index (χ1v) is 9.35. The lowest BCUT2D eigenvalue weighted by Gasteiger charge is -2.13. The number of hydrogen-bond acceptors (Lipinski definition) is 2. The van der Waals surface area contributed by atoms with Gasteiger partial charge in [0.1, 0.15) is 6.61 Å². The van der Waals surface area contributed by atoms with Crippen molar-refractivity contribution in [3.63, 3.8) is 0 Å². The summed E-state index contributed by atoms with van der Waals surface area (Å²) in [4.78, 5) is 10.7. The summed E-state index contributed by atoms with van der Waals surface area (Å²) >= 11 is 0. The summed E-state index contributed by atoms with van der Waals surface area (Å²) in [5, 5.41) is 8.81. The number of allylic oxidation sites excluding steroid dienone is 1. The third kappa shape index (κ3) is 4.76. The summed E-state index contributed by atoms with van der Waals surface area (Å²) in [7, 11) is 0. The van der Waals surface area contributed by atoms with Crippen LogP contribution < -0.4 is 4.74 Å². The van der Waals surface area contributed by atoms with Crippen molar-refractivity contribution >= 4 is 11.5 Å². The van der Waals surface area contributed by atoms with Crippen molar-refractivity contribution in [3.8, 4) is 5.75 Å². The molecule has 1 aliphatic rings. The summed E-state index contributed by atoms with van der Waals surface area (Å²) in [6.45, 7) is 4.31. The van der Waals surface area contributed by atoms with E-state index in [9.17, 15) is 9.18 Å². The molecule has 0 radical (unpaired) electrons. The summed E-state index contributed by atoms with van der Waals surface area (Å²) in [6, 6.07) is 11.6. The molecule has 0 aliphatic heterocycles. The Balaban J connectivity index is 1.73. The topological polar surface area (TPSA) is 46.5 Å². The molecule has 0 saturated heterocycles. The molecule has 0 fully saturated rings. The van der Waals surface area contributed by atoms with Crippen molar-refractivity contribution in [2.24, 2.45) is 0 Å². The first-order chi connectivity index (χ1) is 12.9. The molecule has 142 valence electrons. The first-order valence-electron chi connectivity index (χ1n) is 9.35. The predicted molar refractivity (Wildman–Crippen MR) is 105 cm³/mol. The van der Waals surface area contributed by atoms with E-state index in [1.165, 1.54) is 28.3 Å². The Kier molecular flexibility index (Phi) is 5.94. The van der Waals surface area contributed by atoms with Crippen LogP contribution in [-0.4, -0.2) is 17.7 Å². The molecule has 4 heteroatoms. The molecule has 3 rings (SSSR count). The van der Waals surface area contributed by atoms with E-state index in [2.05, 4.69) is 31.2 Å². The molecule has 0 unspecified atom stereocenters. The number of aryl methyl sites for hydroxylation is 3. The van der Waals surface area contributed by atoms with Crippen LogP contribution in [-0.2, 0) is 11.2 Å². The van der Waals surface area contributed by atoms with Gasteiger partial charge in [-0.05, 0) is 79.5 Å². The number of carbonyl (C=O) groups is 1. The molecular formula is C23H25FO3. The van der Waals surface area contributed by atoms with Crippen LogP contribution in [0.25, 0.3) is 5.57 Å². The Morgan fingerprint density at radius 2 is 1.89 bits per heavy atom. The molecule has 0 atom stereocenters. The maximum atomic E-state index is 14.4. The molecule has 2 aromatic carbocycles. The first kappa shape index (κ1) is 19.2. The molecule has 1 N–H and O–H groups in total. The highest BCUT2D eigenvalue weighted by molar-refractivity contribution is 5.71. The molecule has 0 saturated carbocycles. The van der Waals surface area contributed by atoms with Crippen molar-refractivity contribution in [2.75, 3.05) is 6.61 Å². The summed E-state index contributed by atoms with van der Waals surface area (Å²) in [6.07, 6.45) is 3.41. The van der Waals surface area contributed by atoms with Gasteiger partial charge in [-0.25, -0.2) is 4.39 Å². The molecule has 0 heterocycles. The number of hydrogen-bond donors (Lipinski definition) is 1. The van der Waals surface area contributed by atoms with Crippen LogP contribution in [0.2, 0.25) is 0 Å². The van der Waals surface area contributed by atoms with Crippen molar-refractivity contribution < 1.29 is 19.0 Å². The smallest absolute Gasteiger partial charge is 0.303 e. The van der Waals surface area contributed by atoms with E-state index in [1.807, 2.05) is 6.92 Å². The number of carboxylic acids is 1. The minimum Gasteiger partial charge on any atom is -0.486 e. The van der Waals surface area contributed by atoms with Crippen molar-refractivity contribution in [1.29, 1.82) is 0 Å². The summed E-state index contributed by atoms with van der Waals surface area (Å²) < 4.78 is 20.2. The zero-order chi connectivity index (χ0) is 19.4. The molecule has 2 aromatic rings. The van der Waals surface area contributed by atoms with E-state index in [0.717, 1.165) is 24.8 Å². The van der Waals surface area contributed by atoms with Crippen LogP contribution in [0.15, 0.2) is 42.0 Å². The predicted octanol–water partition coefficient (Wildman–Crippen LogP) is 5.48. The highest BCUT2D eigenvalue weighted by Gasteiger charge is 2.18. The van der Waals surface area contributed by atoms with Gasteiger partial charge in [0.05, 0.1) is 0 Å². The SMILES string of the molecule is Cc1ccc(C2=C(COc3cc(C)c(CCC(=O)O)cc3F)CCC2)cc1. The van der Waals surface area contributed by atoms with Crippen molar-refractivity contribution in [3.05, 3.63) is 70.0 Å². The lowest BCUT2D eigenvalue weighted by Crippen LogP contribution is -2.05. The Morgan fingerprint density at radius 3 is 2.59 bits per heavy atom. The number of aliphatic carboxylic acids is 1. The van der Waals surface area contributed by atoms with Crippen LogP contribution in [0, 0.1) is 19.7 Å². The maximum absolute atomic E-state index is 14.4. The highest BCUT2D eigenvalue weighted by atomic mass is 19.1. The molecule has 0 spiro atoms. The minimum absolute atomic E-state index is 0.00667. The number of carboxylic acid groups (broad SMARTS) is 1. The fourth-order valence-corrected chi connectivity index (χ4v) is 3.55. The zero-order valence-corrected chi connectivity index (χ0v) is 15.8. The molecule has 0 bridgehead atoms. The van der Waals surface area contributed by atoms with Gasteiger partial charge in [-0.15, -0.1) is 0 Å². The molecule has 1 aliphatic carbocycles. The fourth-order valence-electron chi connectivity index (χ4n) is 3.55. The minimum atomic E-state index is -0.882. The molecule has 3 nitrogen and oxygen atoms in total. The third-order valence-corrected chi connectivity index (χ3v) is 5.13. The Hall–Kier alpha value is -2.62. The quantitative estimate of drug-likeness (QED) is 0.704. The van der Waals surface area contributed by atoms with Gasteiger partial charge in [0.25, 0.3) is 0 Å². The van der Waals surface area contributed by atoms with E-state index < -0.39 is 11.8 Å². The van der Waals surface area contributed by atoms with Gasteiger partial charge >= 0.3 is 5.97 Å². The standard InChI is InChI=1S/C23H25FO3/c1-15-6-8-17(9-7-15)20-5-3-4-19(20)14-27-22-12-16(2)18(13-21(22)24)10-11-23(25)26/h6-9,12-13H,3-5,10-11,14H2,1-2H3,(H,25,26). The second kappa shape index (κ2) is 8.38. The number of halogens is 1. The average Bonchev–Trinajstić information content (AvgIpc) is 3.10. The lowest BCUT2D eigenvalue weighted by molar-refractivity contribution is -0.136. The van der Waals surface area contributed by atoms with E-state index in [1.54, 1.807) is 6.07 Å². The second-order valence-electron chi connectivity index (χ2n) is 7.19. The van der Waals surface area contributed by atoms with E-state index in [4.69, 9.17) is 9.84 Å². The third-order valence-electron chi connectivity index (χ3n) is 5.13. The van der Waals surface area contributed by atoms with Gasteiger partial charge in [-0.3, -0.25) is 4.79 Å². The van der Waals surface area contributed by atoms with Gasteiger partial charge in [-0.1, -0.05) is 29.8 Å². The number of ether oxygens (including phenoxy) is 1. The van der Waals surface area contributed by atoms with Crippen LogP contribution in [0.3, 0.4) is 0 Å². The average molecular weight is 368 g/mol. The summed E-state index contributed by atoms with van der Waals surface area (Å²) in [5.74, 6) is -1.09. The van der Waals surface area contributed by atoms with Crippen LogP contribution in [0.1, 0.15) is 47.9 Å². The molecule has 27 heavy (non-hydrogen) atoms. The number of rotatable bonds is 7. The Bertz CT molecular complexity index is 866. The van der Waals surface area contributed by atoms with E-state index in [0.29, 0.717) is 18.6 Å². The Morgan fingerprint density at radius 1 is 1.15 bits per heavy atom. The van der Waals surface area contributed by atoms with Gasteiger partial charge in [0.2, 0.25) is 0 Å². The van der Waals surface area contributed by atoms with Crippen molar-refractivity contribution in [1.82, 2.24) is 0 Å². The zero-order valence-electron chi connectivity index (χ0n) is 15.8. The maximum Gasteiger partial charge on any atom is 0.303 e. The molecular weight excluding hydrogens is 343 g/mol. The Labute approximate surface area is 159 Å². The second-order valence-corrected chi connectivity index (χ2v) is 7.19. The van der Waals surface area contributed by atoms with Gasteiger partial charge in [0.15, 0.2) is 11.6 Å². The van der Waals surface area contributed by atoms with Gasteiger partial charge in [0, 0.05) is 6.42 Å². The highest BCUT2D eigenvalue weighted by Crippen LogP contribution is 2.34. The number of benzene rings is 2. The fraction of sp³-hybridized carbons (Fsp3) is 0.348. The normalized spacial score (nSPS) is 13.9. The van der Waals surface area contributed by atoms with Crippen molar-refractivity contribution in [2.45, 2.75) is 46.0 Å². The lowest BCUT2D eigenvalue weighted by atomic mass is 10.0. The van der Waals surface area contributed by atoms with E-state index >= 15 is 0 Å². The molecule has 0 amide bonds. The van der Waals surface area contributed by atoms with Crippen LogP contribution >= 0.6 is 0 Å². The summed E-state index contributed by atoms with van der Waals surface area (Å²) in [5.41, 5.74) is 6.55. The van der Waals surface area contributed by atoms with Crippen LogP contribution in [0.5, 0.6) is 5.75 Å².